The molecule has 0 radical (unpaired) electrons. The first-order chi connectivity index (χ1) is 6.50. The van der Waals surface area contributed by atoms with Crippen molar-refractivity contribution < 1.29 is 8.42 Å². The Morgan fingerprint density at radius 1 is 1.33 bits per heavy atom. The van der Waals surface area contributed by atoms with E-state index in [2.05, 4.69) is 0 Å². The maximum atomic E-state index is 11.4. The van der Waals surface area contributed by atoms with Gasteiger partial charge in [-0.25, -0.2) is 8.42 Å². The number of hydrogen-bond donors (Lipinski definition) is 0. The molecule has 1 aliphatic heterocycles. The Morgan fingerprint density at radius 3 is 2.47 bits per heavy atom. The van der Waals surface area contributed by atoms with Crippen LogP contribution in [0.4, 0.5) is 5.69 Å². The highest BCUT2D eigenvalue weighted by Gasteiger charge is 2.34. The molecule has 1 unspecified atom stereocenters. The van der Waals surface area contributed by atoms with Gasteiger partial charge in [0.1, 0.15) is 0 Å². The molecule has 0 spiro atoms. The first-order valence-corrected chi connectivity index (χ1v) is 7.01. The van der Waals surface area contributed by atoms with Crippen LogP contribution in [-0.4, -0.2) is 26.4 Å². The lowest BCUT2D eigenvalue weighted by Crippen LogP contribution is -2.31. The van der Waals surface area contributed by atoms with Crippen LogP contribution in [0.5, 0.6) is 0 Å². The van der Waals surface area contributed by atoms with Gasteiger partial charge in [-0.05, 0) is 12.1 Å². The second-order valence-corrected chi connectivity index (χ2v) is 6.86. The van der Waals surface area contributed by atoms with Gasteiger partial charge in [-0.2, -0.15) is 0 Å². The number of hydrogen-bond acceptors (Lipinski definition) is 4. The summed E-state index contributed by atoms with van der Waals surface area (Å²) < 4.78 is 22.4. The number of rotatable bonds is 1. The zero-order valence-corrected chi connectivity index (χ0v) is 12.3. The minimum Gasteiger partial charge on any atom is -0.349 e. The Bertz CT molecular complexity index is 461. The molecule has 1 aromatic rings. The number of sulfone groups is 1. The van der Waals surface area contributed by atoms with E-state index in [1.54, 1.807) is 4.90 Å². The summed E-state index contributed by atoms with van der Waals surface area (Å²) in [7, 11) is -1.22. The number of benzene rings is 1. The van der Waals surface area contributed by atoms with Crippen LogP contribution in [0.15, 0.2) is 29.2 Å². The zero-order valence-electron chi connectivity index (χ0n) is 8.38. The van der Waals surface area contributed by atoms with Crippen molar-refractivity contribution in [1.29, 1.82) is 0 Å². The summed E-state index contributed by atoms with van der Waals surface area (Å²) in [4.78, 5) is 2.83. The number of thioether (sulfide) groups is 1. The van der Waals surface area contributed by atoms with E-state index in [1.807, 2.05) is 31.3 Å². The minimum atomic E-state index is -3.03. The van der Waals surface area contributed by atoms with Crippen LogP contribution in [0.1, 0.15) is 0 Å². The van der Waals surface area contributed by atoms with Crippen molar-refractivity contribution in [2.75, 3.05) is 18.2 Å². The summed E-state index contributed by atoms with van der Waals surface area (Å²) in [6.07, 6.45) is 1.27. The van der Waals surface area contributed by atoms with Crippen molar-refractivity contribution in [2.45, 2.75) is 9.60 Å². The lowest BCUT2D eigenvalue weighted by atomic mass is 10.3. The van der Waals surface area contributed by atoms with Gasteiger partial charge < -0.3 is 4.90 Å². The monoisotopic (exact) mass is 357 g/mol. The fraction of sp³-hybridized carbons (Fsp3) is 0.333. The molecule has 3 nitrogen and oxygen atoms in total. The third kappa shape index (κ3) is 2.42. The molecule has 0 N–H and O–H groups in total. The summed E-state index contributed by atoms with van der Waals surface area (Å²) >= 11 is 1.39. The smallest absolute Gasteiger partial charge is 0.182 e. The summed E-state index contributed by atoms with van der Waals surface area (Å²) in [6, 6.07) is 7.72. The largest absolute Gasteiger partial charge is 0.349 e. The maximum absolute atomic E-state index is 11.4. The van der Waals surface area contributed by atoms with Crippen LogP contribution < -0.4 is 4.90 Å². The van der Waals surface area contributed by atoms with Crippen molar-refractivity contribution in [3.63, 3.8) is 0 Å². The van der Waals surface area contributed by atoms with Gasteiger partial charge in [-0.15, -0.1) is 24.0 Å². The molecule has 15 heavy (non-hydrogen) atoms. The second-order valence-electron chi connectivity index (χ2n) is 3.33. The topological polar surface area (TPSA) is 37.4 Å². The van der Waals surface area contributed by atoms with Gasteiger partial charge in [0.2, 0.25) is 0 Å². The summed E-state index contributed by atoms with van der Waals surface area (Å²) in [6.45, 7) is 0. The highest BCUT2D eigenvalue weighted by molar-refractivity contribution is 14.0. The standard InChI is InChI=1S/C9H11NO2S2.HI/c1-10-7-5-3-4-6-8(7)13-9(10)14(2,11)12;/h3-6,9H,1-2H3;1H. The predicted octanol–water partition coefficient (Wildman–Crippen LogP) is 2.17. The fourth-order valence-corrected chi connectivity index (χ4v) is 4.20. The van der Waals surface area contributed by atoms with Crippen LogP contribution in [0.2, 0.25) is 0 Å². The zero-order chi connectivity index (χ0) is 10.3. The van der Waals surface area contributed by atoms with Gasteiger partial charge in [0.05, 0.1) is 5.69 Å². The predicted molar refractivity (Wildman–Crippen MR) is 74.7 cm³/mol. The fourth-order valence-electron chi connectivity index (χ4n) is 1.52. The number of anilines is 1. The number of nitrogens with zero attached hydrogens (tertiary/aromatic N) is 1. The SMILES string of the molecule is CN1c2ccccc2SC1S(C)(=O)=O.I. The van der Waals surface area contributed by atoms with Gasteiger partial charge in [0.15, 0.2) is 14.5 Å². The summed E-state index contributed by atoms with van der Waals surface area (Å²) in [5.74, 6) is 0. The van der Waals surface area contributed by atoms with E-state index in [0.29, 0.717) is 0 Å². The molecule has 0 aromatic heterocycles. The number of fused-ring (bicyclic) bond motifs is 1. The maximum Gasteiger partial charge on any atom is 0.182 e. The quantitative estimate of drug-likeness (QED) is 0.722. The number of para-hydroxylation sites is 1. The van der Waals surface area contributed by atoms with E-state index in [9.17, 15) is 8.42 Å². The van der Waals surface area contributed by atoms with E-state index in [4.69, 9.17) is 0 Å². The Labute approximate surface area is 111 Å². The molecule has 0 saturated heterocycles. The molecule has 0 saturated carbocycles. The van der Waals surface area contributed by atoms with Crippen LogP contribution in [0, 0.1) is 0 Å². The van der Waals surface area contributed by atoms with Crippen molar-refractivity contribution in [1.82, 2.24) is 0 Å². The van der Waals surface area contributed by atoms with E-state index >= 15 is 0 Å². The molecular weight excluding hydrogens is 345 g/mol. The van der Waals surface area contributed by atoms with Crippen LogP contribution in [0.25, 0.3) is 0 Å². The van der Waals surface area contributed by atoms with Gasteiger partial charge in [-0.3, -0.25) is 0 Å². The van der Waals surface area contributed by atoms with Crippen molar-refractivity contribution >= 4 is 51.3 Å². The molecule has 2 rings (SSSR count). The molecular formula is C9H12INO2S2. The van der Waals surface area contributed by atoms with Crippen LogP contribution >= 0.6 is 35.7 Å². The molecule has 0 fully saturated rings. The molecule has 6 heteroatoms. The van der Waals surface area contributed by atoms with Gasteiger partial charge in [0, 0.05) is 18.2 Å². The Kier molecular flexibility index (Phi) is 3.94. The molecule has 1 atom stereocenters. The second kappa shape index (κ2) is 4.50. The molecule has 0 amide bonds. The average molecular weight is 357 g/mol. The first-order valence-electron chi connectivity index (χ1n) is 4.17. The average Bonchev–Trinajstić information content (AvgIpc) is 2.44. The third-order valence-electron chi connectivity index (χ3n) is 2.16. The normalized spacial score (nSPS) is 19.6. The number of halogens is 1. The Hall–Kier alpha value is 0.0500. The van der Waals surface area contributed by atoms with Gasteiger partial charge in [0.25, 0.3) is 0 Å². The van der Waals surface area contributed by atoms with Crippen molar-refractivity contribution in [3.8, 4) is 0 Å². The molecule has 1 heterocycles. The highest BCUT2D eigenvalue weighted by atomic mass is 127. The summed E-state index contributed by atoms with van der Waals surface area (Å²) in [5, 5.41) is 0. The molecule has 0 bridgehead atoms. The van der Waals surface area contributed by atoms with Gasteiger partial charge in [-0.1, -0.05) is 23.9 Å². The van der Waals surface area contributed by atoms with Crippen LogP contribution in [-0.2, 0) is 9.84 Å². The third-order valence-corrected chi connectivity index (χ3v) is 5.66. The van der Waals surface area contributed by atoms with E-state index in [0.717, 1.165) is 10.6 Å². The molecule has 1 aromatic carbocycles. The van der Waals surface area contributed by atoms with E-state index in [1.165, 1.54) is 18.0 Å². The Balaban J connectivity index is 0.00000112. The van der Waals surface area contributed by atoms with E-state index < -0.39 is 14.5 Å². The van der Waals surface area contributed by atoms with Crippen molar-refractivity contribution in [3.05, 3.63) is 24.3 Å². The van der Waals surface area contributed by atoms with Gasteiger partial charge >= 0.3 is 0 Å². The summed E-state index contributed by atoms with van der Waals surface area (Å²) in [5.41, 5.74) is 0.993. The molecule has 0 aliphatic carbocycles. The molecule has 1 aliphatic rings. The highest BCUT2D eigenvalue weighted by Crippen LogP contribution is 2.43. The van der Waals surface area contributed by atoms with E-state index in [-0.39, 0.29) is 24.0 Å². The lowest BCUT2D eigenvalue weighted by Gasteiger charge is -2.19. The van der Waals surface area contributed by atoms with Crippen molar-refractivity contribution in [2.24, 2.45) is 0 Å². The van der Waals surface area contributed by atoms with Crippen LogP contribution in [0.3, 0.4) is 0 Å². The lowest BCUT2D eigenvalue weighted by molar-refractivity contribution is 0.598. The Morgan fingerprint density at radius 2 is 1.93 bits per heavy atom. The molecule has 84 valence electrons. The first kappa shape index (κ1) is 13.1. The minimum absolute atomic E-state index is 0.